The molecule has 39 heavy (non-hydrogen) atoms. The normalized spacial score (nSPS) is 16.9. The molecular formula is C23H17F8N5O3. The molecule has 2 N–H and O–H groups in total. The highest BCUT2D eigenvalue weighted by Gasteiger charge is 2.61. The summed E-state index contributed by atoms with van der Waals surface area (Å²) in [6.45, 7) is 2.14. The fourth-order valence-corrected chi connectivity index (χ4v) is 3.94. The molecule has 4 rings (SSSR count). The Morgan fingerprint density at radius 3 is 2.26 bits per heavy atom. The summed E-state index contributed by atoms with van der Waals surface area (Å²) in [5.74, 6) is -11.6. The van der Waals surface area contributed by atoms with E-state index in [4.69, 9.17) is 0 Å². The minimum Gasteiger partial charge on any atom is -0.343 e. The van der Waals surface area contributed by atoms with Crippen LogP contribution in [0.1, 0.15) is 24.2 Å². The van der Waals surface area contributed by atoms with Crippen LogP contribution in [0.4, 0.5) is 45.7 Å². The standard InChI is InChI=1S/C23H17F8N5O3/c1-9-7-35(21(39)32-9)16-4-3-12-18(37)13(20(38)33-10(2)22(27,28)23(29,30)31)8-36(19(12)34-16)17-14(25)5-11(24)6-15(17)26/h3-6,8-10H,7H2,1-2H3,(H,32,39)(H,33,38)/t9-,10?/m1/s1. The lowest BCUT2D eigenvalue weighted by atomic mass is 10.1. The second-order valence-electron chi connectivity index (χ2n) is 8.78. The maximum Gasteiger partial charge on any atom is 0.455 e. The van der Waals surface area contributed by atoms with E-state index >= 15 is 0 Å². The maximum absolute atomic E-state index is 14.8. The predicted molar refractivity (Wildman–Crippen MR) is 120 cm³/mol. The molecule has 1 saturated heterocycles. The van der Waals surface area contributed by atoms with E-state index < -0.39 is 75.2 Å². The lowest BCUT2D eigenvalue weighted by Crippen LogP contribution is -2.54. The number of benzene rings is 1. The van der Waals surface area contributed by atoms with E-state index in [9.17, 15) is 49.5 Å². The number of urea groups is 1. The lowest BCUT2D eigenvalue weighted by Gasteiger charge is -2.26. The molecule has 0 radical (unpaired) electrons. The summed E-state index contributed by atoms with van der Waals surface area (Å²) in [5, 5.41) is 3.45. The number of halogens is 8. The maximum atomic E-state index is 14.8. The Bertz CT molecular complexity index is 1530. The minimum absolute atomic E-state index is 0.0870. The molecule has 208 valence electrons. The van der Waals surface area contributed by atoms with Crippen molar-refractivity contribution in [3.05, 3.63) is 63.7 Å². The highest BCUT2D eigenvalue weighted by molar-refractivity contribution is 5.98. The second kappa shape index (κ2) is 9.50. The topological polar surface area (TPSA) is 96.3 Å². The van der Waals surface area contributed by atoms with Crippen LogP contribution >= 0.6 is 0 Å². The van der Waals surface area contributed by atoms with Gasteiger partial charge in [0.2, 0.25) is 5.43 Å². The molecule has 2 aromatic heterocycles. The SMILES string of the molecule is CC(NC(=O)c1cn(-c2c(F)cc(F)cc2F)c2nc(N3C[C@@H](C)NC3=O)ccc2c1=O)C(F)(F)C(F)(F)F. The van der Waals surface area contributed by atoms with Crippen LogP contribution in [0.25, 0.3) is 16.7 Å². The molecule has 0 aliphatic carbocycles. The monoisotopic (exact) mass is 563 g/mol. The summed E-state index contributed by atoms with van der Waals surface area (Å²) in [6.07, 6.45) is -5.56. The molecular weight excluding hydrogens is 546 g/mol. The number of amides is 3. The number of alkyl halides is 5. The third-order valence-corrected chi connectivity index (χ3v) is 5.92. The molecule has 1 fully saturated rings. The Morgan fingerprint density at radius 1 is 1.10 bits per heavy atom. The van der Waals surface area contributed by atoms with Crippen molar-refractivity contribution in [1.29, 1.82) is 0 Å². The zero-order valence-electron chi connectivity index (χ0n) is 19.8. The largest absolute Gasteiger partial charge is 0.455 e. The first-order chi connectivity index (χ1) is 18.0. The molecule has 2 atom stereocenters. The van der Waals surface area contributed by atoms with Crippen molar-refractivity contribution in [3.63, 3.8) is 0 Å². The van der Waals surface area contributed by atoms with Crippen molar-refractivity contribution >= 4 is 28.8 Å². The molecule has 1 aliphatic rings. The summed E-state index contributed by atoms with van der Waals surface area (Å²) in [6, 6.07) is -1.02. The van der Waals surface area contributed by atoms with Gasteiger partial charge >= 0.3 is 18.1 Å². The van der Waals surface area contributed by atoms with Gasteiger partial charge in [-0.2, -0.15) is 22.0 Å². The number of hydrogen-bond donors (Lipinski definition) is 2. The van der Waals surface area contributed by atoms with E-state index in [1.165, 1.54) is 5.32 Å². The van der Waals surface area contributed by atoms with Crippen molar-refractivity contribution in [3.8, 4) is 5.69 Å². The summed E-state index contributed by atoms with van der Waals surface area (Å²) in [5.41, 5.74) is -3.88. The van der Waals surface area contributed by atoms with Gasteiger partial charge in [0.25, 0.3) is 5.91 Å². The van der Waals surface area contributed by atoms with Crippen LogP contribution in [0.5, 0.6) is 0 Å². The number of carbonyl (C=O) groups excluding carboxylic acids is 2. The van der Waals surface area contributed by atoms with Gasteiger partial charge in [-0.05, 0) is 26.0 Å². The van der Waals surface area contributed by atoms with Gasteiger partial charge in [-0.3, -0.25) is 19.1 Å². The number of anilines is 1. The number of aromatic nitrogens is 2. The van der Waals surface area contributed by atoms with E-state index in [2.05, 4.69) is 10.3 Å². The van der Waals surface area contributed by atoms with E-state index in [-0.39, 0.29) is 30.5 Å². The molecule has 3 heterocycles. The Kier molecular flexibility index (Phi) is 6.77. The van der Waals surface area contributed by atoms with Gasteiger partial charge in [0, 0.05) is 30.9 Å². The predicted octanol–water partition coefficient (Wildman–Crippen LogP) is 4.04. The molecule has 0 saturated carbocycles. The second-order valence-corrected chi connectivity index (χ2v) is 8.78. The Labute approximate surface area is 213 Å². The van der Waals surface area contributed by atoms with Crippen molar-refractivity contribution in [2.24, 2.45) is 0 Å². The smallest absolute Gasteiger partial charge is 0.343 e. The summed E-state index contributed by atoms with van der Waals surface area (Å²) >= 11 is 0. The molecule has 0 spiro atoms. The van der Waals surface area contributed by atoms with E-state index in [0.717, 1.165) is 17.0 Å². The van der Waals surface area contributed by atoms with Gasteiger partial charge in [0.05, 0.1) is 11.4 Å². The minimum atomic E-state index is -6.04. The van der Waals surface area contributed by atoms with Crippen molar-refractivity contribution in [1.82, 2.24) is 20.2 Å². The first-order valence-electron chi connectivity index (χ1n) is 11.1. The molecule has 1 aliphatic heterocycles. The quantitative estimate of drug-likeness (QED) is 0.459. The van der Waals surface area contributed by atoms with Gasteiger partial charge in [0.15, 0.2) is 17.3 Å². The Morgan fingerprint density at radius 2 is 1.72 bits per heavy atom. The van der Waals surface area contributed by atoms with Gasteiger partial charge in [-0.1, -0.05) is 0 Å². The molecule has 3 aromatic rings. The number of nitrogens with zero attached hydrogens (tertiary/aromatic N) is 3. The zero-order valence-corrected chi connectivity index (χ0v) is 19.8. The van der Waals surface area contributed by atoms with Crippen molar-refractivity contribution in [2.75, 3.05) is 11.4 Å². The van der Waals surface area contributed by atoms with Crippen LogP contribution in [-0.4, -0.2) is 52.2 Å². The van der Waals surface area contributed by atoms with E-state index in [1.54, 1.807) is 6.92 Å². The molecule has 1 aromatic carbocycles. The van der Waals surface area contributed by atoms with E-state index in [0.29, 0.717) is 17.7 Å². The highest BCUT2D eigenvalue weighted by Crippen LogP contribution is 2.38. The Balaban J connectivity index is 1.93. The fraction of sp³-hybridized carbons (Fsp3) is 0.304. The summed E-state index contributed by atoms with van der Waals surface area (Å²) in [4.78, 5) is 43.3. The first kappa shape index (κ1) is 27.8. The Hall–Kier alpha value is -4.24. The zero-order chi connectivity index (χ0) is 29.0. The first-order valence-corrected chi connectivity index (χ1v) is 11.1. The summed E-state index contributed by atoms with van der Waals surface area (Å²) in [7, 11) is 0. The summed E-state index contributed by atoms with van der Waals surface area (Å²) < 4.78 is 109. The van der Waals surface area contributed by atoms with E-state index in [1.807, 2.05) is 0 Å². The molecule has 8 nitrogen and oxygen atoms in total. The van der Waals surface area contributed by atoms with Gasteiger partial charge < -0.3 is 10.6 Å². The average Bonchev–Trinajstić information content (AvgIpc) is 3.16. The van der Waals surface area contributed by atoms with Gasteiger partial charge in [0.1, 0.15) is 22.9 Å². The fourth-order valence-electron chi connectivity index (χ4n) is 3.94. The number of nitrogens with one attached hydrogen (secondary N) is 2. The number of rotatable bonds is 5. The third-order valence-electron chi connectivity index (χ3n) is 5.92. The third kappa shape index (κ3) is 4.85. The molecule has 1 unspecified atom stereocenters. The number of carbonyl (C=O) groups is 2. The number of hydrogen-bond acceptors (Lipinski definition) is 4. The van der Waals surface area contributed by atoms with Crippen LogP contribution in [-0.2, 0) is 0 Å². The average molecular weight is 563 g/mol. The lowest BCUT2D eigenvalue weighted by molar-refractivity contribution is -0.290. The van der Waals surface area contributed by atoms with Crippen molar-refractivity contribution in [2.45, 2.75) is 38.0 Å². The van der Waals surface area contributed by atoms with Crippen LogP contribution in [0.3, 0.4) is 0 Å². The van der Waals surface area contributed by atoms with Crippen LogP contribution < -0.4 is 21.0 Å². The van der Waals surface area contributed by atoms with Gasteiger partial charge in [-0.25, -0.2) is 22.9 Å². The van der Waals surface area contributed by atoms with Crippen LogP contribution in [0.2, 0.25) is 0 Å². The molecule has 0 bridgehead atoms. The number of fused-ring (bicyclic) bond motifs is 1. The highest BCUT2D eigenvalue weighted by atomic mass is 19.4. The molecule has 16 heteroatoms. The van der Waals surface area contributed by atoms with Crippen LogP contribution in [0, 0.1) is 17.5 Å². The number of pyridine rings is 2. The van der Waals surface area contributed by atoms with Gasteiger partial charge in [-0.15, -0.1) is 0 Å². The van der Waals surface area contributed by atoms with Crippen LogP contribution in [0.15, 0.2) is 35.3 Å². The van der Waals surface area contributed by atoms with Crippen molar-refractivity contribution < 1.29 is 44.7 Å². The molecule has 3 amide bonds.